The molecule has 0 spiro atoms. The van der Waals surface area contributed by atoms with Gasteiger partial charge in [-0.3, -0.25) is 9.59 Å². The van der Waals surface area contributed by atoms with Crippen LogP contribution in [0.25, 0.3) is 0 Å². The summed E-state index contributed by atoms with van der Waals surface area (Å²) in [5.74, 6) is -2.24. The molecule has 1 saturated carbocycles. The van der Waals surface area contributed by atoms with E-state index in [-0.39, 0.29) is 46.2 Å². The number of carbonyl (C=O) groups is 2. The van der Waals surface area contributed by atoms with Crippen LogP contribution in [0.1, 0.15) is 47.9 Å². The third-order valence-electron chi connectivity index (χ3n) is 5.82. The molecular formula is C24H22F2N4O2. The van der Waals surface area contributed by atoms with Gasteiger partial charge >= 0.3 is 0 Å². The first-order chi connectivity index (χ1) is 15.2. The summed E-state index contributed by atoms with van der Waals surface area (Å²) in [5.41, 5.74) is 1.30. The first-order valence-electron chi connectivity index (χ1n) is 10.3. The zero-order valence-corrected chi connectivity index (χ0v) is 17.8. The van der Waals surface area contributed by atoms with E-state index in [9.17, 15) is 28.9 Å². The van der Waals surface area contributed by atoms with Gasteiger partial charge in [0.1, 0.15) is 23.8 Å². The van der Waals surface area contributed by atoms with Crippen molar-refractivity contribution in [3.05, 3.63) is 58.2 Å². The number of anilines is 2. The topological polar surface area (TPSA) is 106 Å². The number of hydrogen-bond acceptors (Lipinski definition) is 4. The molecule has 2 aromatic carbocycles. The first-order valence-corrected chi connectivity index (χ1v) is 10.3. The van der Waals surface area contributed by atoms with Crippen LogP contribution in [-0.2, 0) is 9.59 Å². The van der Waals surface area contributed by atoms with Gasteiger partial charge in [0.05, 0.1) is 22.5 Å². The van der Waals surface area contributed by atoms with Gasteiger partial charge in [-0.15, -0.1) is 0 Å². The molecule has 164 valence electrons. The van der Waals surface area contributed by atoms with Crippen LogP contribution in [0, 0.1) is 60.0 Å². The molecule has 6 nitrogen and oxygen atoms in total. The molecule has 1 fully saturated rings. The molecular weight excluding hydrogens is 414 g/mol. The lowest BCUT2D eigenvalue weighted by Gasteiger charge is -2.27. The number of rotatable bonds is 4. The molecule has 2 aromatic rings. The molecule has 0 unspecified atom stereocenters. The summed E-state index contributed by atoms with van der Waals surface area (Å²) < 4.78 is 27.3. The Bertz CT molecular complexity index is 1060. The molecule has 2 N–H and O–H groups in total. The van der Waals surface area contributed by atoms with Crippen molar-refractivity contribution in [1.82, 2.24) is 0 Å². The Balaban J connectivity index is 1.61. The van der Waals surface area contributed by atoms with Gasteiger partial charge in [-0.1, -0.05) is 0 Å². The van der Waals surface area contributed by atoms with Crippen molar-refractivity contribution in [2.45, 2.75) is 39.5 Å². The highest BCUT2D eigenvalue weighted by atomic mass is 19.1. The van der Waals surface area contributed by atoms with E-state index in [1.165, 1.54) is 12.1 Å². The average Bonchev–Trinajstić information content (AvgIpc) is 2.78. The SMILES string of the molecule is Cc1cc(NC(=O)C2CCC(C(=O)Nc3cc(C)c(F)cc3C#N)CC2)c(C#N)cc1F. The van der Waals surface area contributed by atoms with Crippen LogP contribution in [0.4, 0.5) is 20.2 Å². The van der Waals surface area contributed by atoms with E-state index in [0.29, 0.717) is 36.8 Å². The third kappa shape index (κ3) is 4.92. The fourth-order valence-corrected chi connectivity index (χ4v) is 3.84. The van der Waals surface area contributed by atoms with Crippen molar-refractivity contribution >= 4 is 23.2 Å². The van der Waals surface area contributed by atoms with Crippen LogP contribution >= 0.6 is 0 Å². The smallest absolute Gasteiger partial charge is 0.227 e. The largest absolute Gasteiger partial charge is 0.325 e. The minimum absolute atomic E-state index is 0.0532. The number of nitrogens with one attached hydrogen (secondary N) is 2. The van der Waals surface area contributed by atoms with Crippen molar-refractivity contribution in [3.63, 3.8) is 0 Å². The van der Waals surface area contributed by atoms with Crippen molar-refractivity contribution in [3.8, 4) is 12.1 Å². The van der Waals surface area contributed by atoms with Crippen molar-refractivity contribution in [1.29, 1.82) is 10.5 Å². The second-order valence-corrected chi connectivity index (χ2v) is 8.04. The highest BCUT2D eigenvalue weighted by molar-refractivity contribution is 5.96. The van der Waals surface area contributed by atoms with E-state index in [1.807, 2.05) is 12.1 Å². The number of aryl methyl sites for hydroxylation is 2. The van der Waals surface area contributed by atoms with Gasteiger partial charge in [0.2, 0.25) is 11.8 Å². The summed E-state index contributed by atoms with van der Waals surface area (Å²) in [5, 5.41) is 23.8. The van der Waals surface area contributed by atoms with E-state index >= 15 is 0 Å². The molecule has 3 rings (SSSR count). The maximum Gasteiger partial charge on any atom is 0.227 e. The summed E-state index contributed by atoms with van der Waals surface area (Å²) in [6.07, 6.45) is 1.89. The molecule has 0 aliphatic heterocycles. The molecule has 0 atom stereocenters. The van der Waals surface area contributed by atoms with Crippen molar-refractivity contribution < 1.29 is 18.4 Å². The number of benzene rings is 2. The summed E-state index contributed by atoms with van der Waals surface area (Å²) in [4.78, 5) is 25.3. The quantitative estimate of drug-likeness (QED) is 0.724. The Kier molecular flexibility index (Phi) is 6.85. The summed E-state index contributed by atoms with van der Waals surface area (Å²) >= 11 is 0. The molecule has 0 aromatic heterocycles. The van der Waals surface area contributed by atoms with Crippen LogP contribution in [-0.4, -0.2) is 11.8 Å². The maximum absolute atomic E-state index is 13.7. The number of halogens is 2. The van der Waals surface area contributed by atoms with Crippen LogP contribution in [0.3, 0.4) is 0 Å². The Morgan fingerprint density at radius 3 is 1.44 bits per heavy atom. The van der Waals surface area contributed by atoms with Crippen molar-refractivity contribution in [2.24, 2.45) is 11.8 Å². The molecule has 0 saturated heterocycles. The molecule has 1 aliphatic carbocycles. The Hall–Kier alpha value is -3.78. The van der Waals surface area contributed by atoms with E-state index in [2.05, 4.69) is 10.6 Å². The van der Waals surface area contributed by atoms with E-state index in [4.69, 9.17) is 0 Å². The zero-order chi connectivity index (χ0) is 23.4. The number of nitrogens with zero attached hydrogens (tertiary/aromatic N) is 2. The van der Waals surface area contributed by atoms with Crippen LogP contribution in [0.2, 0.25) is 0 Å². The van der Waals surface area contributed by atoms with Crippen LogP contribution in [0.5, 0.6) is 0 Å². The number of amides is 2. The van der Waals surface area contributed by atoms with Crippen LogP contribution < -0.4 is 10.6 Å². The van der Waals surface area contributed by atoms with Gasteiger partial charge < -0.3 is 10.6 Å². The number of carbonyl (C=O) groups excluding carboxylic acids is 2. The highest BCUT2D eigenvalue weighted by Gasteiger charge is 2.30. The van der Waals surface area contributed by atoms with Gasteiger partial charge in [0.15, 0.2) is 0 Å². The van der Waals surface area contributed by atoms with Gasteiger partial charge in [-0.05, 0) is 74.9 Å². The zero-order valence-electron chi connectivity index (χ0n) is 17.8. The standard InChI is InChI=1S/C24H22F2N4O2/c1-13-7-21(17(11-27)9-19(13)25)29-23(31)15-3-5-16(6-4-15)24(32)30-22-8-14(2)20(26)10-18(22)12-28/h7-10,15-16H,3-6H2,1-2H3,(H,29,31)(H,30,32). The maximum atomic E-state index is 13.7. The fourth-order valence-electron chi connectivity index (χ4n) is 3.84. The molecule has 2 amide bonds. The third-order valence-corrected chi connectivity index (χ3v) is 5.82. The Labute approximate surface area is 184 Å². The average molecular weight is 436 g/mol. The molecule has 32 heavy (non-hydrogen) atoms. The second kappa shape index (κ2) is 9.57. The lowest BCUT2D eigenvalue weighted by molar-refractivity contribution is -0.125. The van der Waals surface area contributed by atoms with Gasteiger partial charge in [-0.25, -0.2) is 8.78 Å². The number of nitriles is 2. The van der Waals surface area contributed by atoms with E-state index in [0.717, 1.165) is 12.1 Å². The highest BCUT2D eigenvalue weighted by Crippen LogP contribution is 2.32. The second-order valence-electron chi connectivity index (χ2n) is 8.04. The molecule has 0 bridgehead atoms. The predicted octanol–water partition coefficient (Wildman–Crippen LogP) is 4.71. The summed E-state index contributed by atoms with van der Waals surface area (Å²) in [7, 11) is 0. The van der Waals surface area contributed by atoms with E-state index < -0.39 is 11.6 Å². The van der Waals surface area contributed by atoms with Gasteiger partial charge in [-0.2, -0.15) is 10.5 Å². The predicted molar refractivity (Wildman–Crippen MR) is 114 cm³/mol. The fraction of sp³-hybridized carbons (Fsp3) is 0.333. The lowest BCUT2D eigenvalue weighted by Crippen LogP contribution is -2.32. The first kappa shape index (κ1) is 22.9. The van der Waals surface area contributed by atoms with Crippen LogP contribution in [0.15, 0.2) is 24.3 Å². The monoisotopic (exact) mass is 436 g/mol. The molecule has 0 heterocycles. The molecule has 8 heteroatoms. The van der Waals surface area contributed by atoms with Crippen molar-refractivity contribution in [2.75, 3.05) is 10.6 Å². The Morgan fingerprint density at radius 2 is 1.12 bits per heavy atom. The summed E-state index contributed by atoms with van der Waals surface area (Å²) in [6.45, 7) is 3.10. The number of hydrogen-bond donors (Lipinski definition) is 2. The van der Waals surface area contributed by atoms with Gasteiger partial charge in [0, 0.05) is 11.8 Å². The van der Waals surface area contributed by atoms with E-state index in [1.54, 1.807) is 13.8 Å². The normalized spacial score (nSPS) is 17.7. The minimum Gasteiger partial charge on any atom is -0.325 e. The Morgan fingerprint density at radius 1 is 0.781 bits per heavy atom. The summed E-state index contributed by atoms with van der Waals surface area (Å²) in [6, 6.07) is 8.82. The molecule has 1 aliphatic rings. The molecule has 0 radical (unpaired) electrons. The van der Waals surface area contributed by atoms with Gasteiger partial charge in [0.25, 0.3) is 0 Å². The lowest BCUT2D eigenvalue weighted by atomic mass is 9.81. The minimum atomic E-state index is -0.512.